The van der Waals surface area contributed by atoms with Gasteiger partial charge in [-0.15, -0.1) is 0 Å². The Morgan fingerprint density at radius 1 is 1.41 bits per heavy atom. The van der Waals surface area contributed by atoms with Gasteiger partial charge >= 0.3 is 5.97 Å². The summed E-state index contributed by atoms with van der Waals surface area (Å²) in [7, 11) is 4.93. The number of benzene rings is 1. The maximum Gasteiger partial charge on any atom is 0.328 e. The average Bonchev–Trinajstić information content (AvgIpc) is 2.68. The summed E-state index contributed by atoms with van der Waals surface area (Å²) in [5.41, 5.74) is 1.47. The Kier molecular flexibility index (Phi) is 7.67. The zero-order valence-corrected chi connectivity index (χ0v) is 17.7. The number of aryl methyl sites for hydroxylation is 1. The molecule has 8 heteroatoms. The highest BCUT2D eigenvalue weighted by Crippen LogP contribution is 2.13. The number of para-hydroxylation sites is 1. The molecule has 0 aliphatic heterocycles. The molecule has 1 N–H and O–H groups in total. The molecule has 0 aliphatic rings. The molecule has 2 rings (SSSR count). The fourth-order valence-corrected chi connectivity index (χ4v) is 3.49. The molecule has 27 heavy (non-hydrogen) atoms. The minimum atomic E-state index is -0.503. The molecule has 146 valence electrons. The third-order valence-corrected chi connectivity index (χ3v) is 5.43. The smallest absolute Gasteiger partial charge is 0.328 e. The van der Waals surface area contributed by atoms with Crippen molar-refractivity contribution in [2.75, 3.05) is 26.2 Å². The first-order valence-corrected chi connectivity index (χ1v) is 10.3. The van der Waals surface area contributed by atoms with E-state index in [1.807, 2.05) is 36.6 Å². The van der Waals surface area contributed by atoms with Crippen LogP contribution in [-0.2, 0) is 23.1 Å². The molecule has 0 spiro atoms. The Bertz CT molecular complexity index is 882. The molecule has 2 aromatic rings. The number of nitrogens with zero attached hydrogens (tertiary/aromatic N) is 2. The first kappa shape index (κ1) is 21.2. The number of hydrogen-bond donors (Lipinski definition) is 1. The summed E-state index contributed by atoms with van der Waals surface area (Å²) in [5, 5.41) is 4.45. The summed E-state index contributed by atoms with van der Waals surface area (Å²) < 4.78 is 6.49. The van der Waals surface area contributed by atoms with Crippen LogP contribution < -0.4 is 10.9 Å². The van der Waals surface area contributed by atoms with Crippen molar-refractivity contribution in [3.63, 3.8) is 0 Å². The molecule has 0 unspecified atom stereocenters. The quantitative estimate of drug-likeness (QED) is 0.557. The minimum Gasteiger partial charge on any atom is -0.467 e. The van der Waals surface area contributed by atoms with Gasteiger partial charge in [0.2, 0.25) is 0 Å². The van der Waals surface area contributed by atoms with Gasteiger partial charge in [-0.25, -0.2) is 4.79 Å². The van der Waals surface area contributed by atoms with Gasteiger partial charge < -0.3 is 19.5 Å². The van der Waals surface area contributed by atoms with E-state index in [1.165, 1.54) is 7.11 Å². The van der Waals surface area contributed by atoms with E-state index in [9.17, 15) is 9.59 Å². The van der Waals surface area contributed by atoms with Crippen molar-refractivity contribution in [1.82, 2.24) is 14.8 Å². The molecule has 0 radical (unpaired) electrons. The van der Waals surface area contributed by atoms with Crippen molar-refractivity contribution in [2.24, 2.45) is 7.05 Å². The van der Waals surface area contributed by atoms with Crippen LogP contribution in [0.25, 0.3) is 10.9 Å². The van der Waals surface area contributed by atoms with E-state index >= 15 is 0 Å². The highest BCUT2D eigenvalue weighted by molar-refractivity contribution is 7.98. The van der Waals surface area contributed by atoms with Crippen LogP contribution in [0.2, 0.25) is 0 Å². The predicted molar refractivity (Wildman–Crippen MR) is 115 cm³/mol. The largest absolute Gasteiger partial charge is 0.467 e. The number of rotatable bonds is 7. The standard InChI is InChI=1S/C19H25N3O3S2/c1-21(19(26)20-15(9-10-27-4)18(24)25-3)12-14-11-13-7-5-6-8-16(13)22(2)17(14)23/h5-8,11,15H,9-10,12H2,1-4H3,(H,20,26)/t15-/m0/s1. The maximum absolute atomic E-state index is 12.7. The SMILES string of the molecule is COC(=O)[C@H](CCSC)NC(=S)N(C)Cc1cc2ccccc2n(C)c1=O. The van der Waals surface area contributed by atoms with E-state index in [0.717, 1.165) is 16.7 Å². The highest BCUT2D eigenvalue weighted by Gasteiger charge is 2.21. The lowest BCUT2D eigenvalue weighted by Gasteiger charge is -2.25. The Hall–Kier alpha value is -2.06. The Morgan fingerprint density at radius 3 is 2.78 bits per heavy atom. The maximum atomic E-state index is 12.7. The Balaban J connectivity index is 2.16. The fourth-order valence-electron chi connectivity index (χ4n) is 2.82. The number of thioether (sulfide) groups is 1. The van der Waals surface area contributed by atoms with Crippen molar-refractivity contribution in [1.29, 1.82) is 0 Å². The topological polar surface area (TPSA) is 63.6 Å². The van der Waals surface area contributed by atoms with Crippen LogP contribution >= 0.6 is 24.0 Å². The lowest BCUT2D eigenvalue weighted by molar-refractivity contribution is -0.142. The second-order valence-corrected chi connectivity index (χ2v) is 7.63. The van der Waals surface area contributed by atoms with Gasteiger partial charge in [0.05, 0.1) is 19.2 Å². The molecular weight excluding hydrogens is 382 g/mol. The number of carbonyl (C=O) groups excluding carboxylic acids is 1. The fraction of sp³-hybridized carbons (Fsp3) is 0.421. The van der Waals surface area contributed by atoms with Crippen molar-refractivity contribution in [3.05, 3.63) is 46.2 Å². The Labute approximate surface area is 168 Å². The van der Waals surface area contributed by atoms with Crippen LogP contribution in [-0.4, -0.2) is 52.8 Å². The van der Waals surface area contributed by atoms with E-state index in [2.05, 4.69) is 5.32 Å². The van der Waals surface area contributed by atoms with Gasteiger partial charge in [-0.2, -0.15) is 11.8 Å². The molecular formula is C19H25N3O3S2. The molecule has 0 saturated heterocycles. The van der Waals surface area contributed by atoms with E-state index in [4.69, 9.17) is 17.0 Å². The molecule has 1 aromatic carbocycles. The first-order valence-electron chi connectivity index (χ1n) is 8.55. The monoisotopic (exact) mass is 407 g/mol. The molecule has 1 atom stereocenters. The van der Waals surface area contributed by atoms with Gasteiger partial charge in [-0.1, -0.05) is 18.2 Å². The molecule has 6 nitrogen and oxygen atoms in total. The summed E-state index contributed by atoms with van der Waals surface area (Å²) in [6.45, 7) is 0.347. The number of thiocarbonyl (C=S) groups is 1. The Morgan fingerprint density at radius 2 is 2.11 bits per heavy atom. The van der Waals surface area contributed by atoms with Crippen molar-refractivity contribution >= 4 is 46.0 Å². The van der Waals surface area contributed by atoms with Crippen LogP contribution in [0, 0.1) is 0 Å². The third-order valence-electron chi connectivity index (χ3n) is 4.36. The number of methoxy groups -OCH3 is 1. The highest BCUT2D eigenvalue weighted by atomic mass is 32.2. The second-order valence-electron chi connectivity index (χ2n) is 6.26. The van der Waals surface area contributed by atoms with Gasteiger partial charge in [0.1, 0.15) is 6.04 Å². The third kappa shape index (κ3) is 5.23. The van der Waals surface area contributed by atoms with Crippen LogP contribution in [0.1, 0.15) is 12.0 Å². The van der Waals surface area contributed by atoms with Gasteiger partial charge in [0.15, 0.2) is 5.11 Å². The zero-order valence-electron chi connectivity index (χ0n) is 16.0. The summed E-state index contributed by atoms with van der Waals surface area (Å²) in [5.74, 6) is 0.464. The van der Waals surface area contributed by atoms with Crippen LogP contribution in [0.3, 0.4) is 0 Å². The van der Waals surface area contributed by atoms with Gasteiger partial charge in [0.25, 0.3) is 5.56 Å². The number of carbonyl (C=O) groups is 1. The minimum absolute atomic E-state index is 0.0600. The predicted octanol–water partition coefficient (Wildman–Crippen LogP) is 2.14. The van der Waals surface area contributed by atoms with E-state index in [0.29, 0.717) is 23.6 Å². The van der Waals surface area contributed by atoms with Crippen molar-refractivity contribution in [3.8, 4) is 0 Å². The van der Waals surface area contributed by atoms with Gasteiger partial charge in [-0.05, 0) is 48.2 Å². The summed E-state index contributed by atoms with van der Waals surface area (Å²) in [6.07, 6.45) is 2.59. The number of pyridine rings is 1. The number of hydrogen-bond acceptors (Lipinski definition) is 5. The van der Waals surface area contributed by atoms with Crippen LogP contribution in [0.4, 0.5) is 0 Å². The average molecular weight is 408 g/mol. The lowest BCUT2D eigenvalue weighted by atomic mass is 10.1. The number of nitrogens with one attached hydrogen (secondary N) is 1. The zero-order chi connectivity index (χ0) is 20.0. The molecule has 0 aliphatic carbocycles. The van der Waals surface area contributed by atoms with Crippen molar-refractivity contribution in [2.45, 2.75) is 19.0 Å². The normalized spacial score (nSPS) is 11.9. The van der Waals surface area contributed by atoms with Gasteiger partial charge in [-0.3, -0.25) is 4.79 Å². The molecule has 0 fully saturated rings. The van der Waals surface area contributed by atoms with E-state index in [1.54, 1.807) is 35.3 Å². The first-order chi connectivity index (χ1) is 12.9. The summed E-state index contributed by atoms with van der Waals surface area (Å²) in [4.78, 5) is 26.4. The van der Waals surface area contributed by atoms with Gasteiger partial charge in [0, 0.05) is 19.7 Å². The van der Waals surface area contributed by atoms with E-state index < -0.39 is 6.04 Å². The molecule has 1 aromatic heterocycles. The summed E-state index contributed by atoms with van der Waals surface area (Å²) in [6, 6.07) is 9.14. The van der Waals surface area contributed by atoms with Crippen molar-refractivity contribution < 1.29 is 9.53 Å². The lowest BCUT2D eigenvalue weighted by Crippen LogP contribution is -2.47. The molecule has 0 saturated carbocycles. The second kappa shape index (κ2) is 9.75. The number of ether oxygens (including phenoxy) is 1. The number of fused-ring (bicyclic) bond motifs is 1. The summed E-state index contributed by atoms with van der Waals surface area (Å²) >= 11 is 7.08. The molecule has 0 amide bonds. The molecule has 0 bridgehead atoms. The van der Waals surface area contributed by atoms with Crippen LogP contribution in [0.15, 0.2) is 35.1 Å². The number of aromatic nitrogens is 1. The van der Waals surface area contributed by atoms with E-state index in [-0.39, 0.29) is 11.5 Å². The number of esters is 1. The molecule has 1 heterocycles. The van der Waals surface area contributed by atoms with Crippen LogP contribution in [0.5, 0.6) is 0 Å².